The van der Waals surface area contributed by atoms with E-state index in [9.17, 15) is 4.79 Å². The first-order valence-electron chi connectivity index (χ1n) is 11.3. The number of benzene rings is 1. The predicted octanol–water partition coefficient (Wildman–Crippen LogP) is 2.82. The van der Waals surface area contributed by atoms with Crippen LogP contribution in [-0.4, -0.2) is 75.5 Å². The summed E-state index contributed by atoms with van der Waals surface area (Å²) in [5.41, 5.74) is 2.27. The molecular weight excluding hydrogens is 362 g/mol. The summed E-state index contributed by atoms with van der Waals surface area (Å²) in [7, 11) is 0. The topological polar surface area (TPSA) is 44.6 Å². The van der Waals surface area contributed by atoms with Crippen LogP contribution in [0.2, 0.25) is 0 Å². The molecule has 0 saturated carbocycles. The van der Waals surface area contributed by atoms with Gasteiger partial charge in [-0.05, 0) is 52.3 Å². The van der Waals surface area contributed by atoms with Crippen LogP contribution >= 0.6 is 0 Å². The van der Waals surface area contributed by atoms with Crippen LogP contribution in [0.15, 0.2) is 24.3 Å². The molecule has 2 aromatic rings. The number of hydrogen-bond donors (Lipinski definition) is 0. The second-order valence-electron chi connectivity index (χ2n) is 8.79. The van der Waals surface area contributed by atoms with Gasteiger partial charge in [-0.2, -0.15) is 0 Å². The Kier molecular flexibility index (Phi) is 6.20. The number of fused-ring (bicyclic) bond motifs is 1. The zero-order valence-corrected chi connectivity index (χ0v) is 18.2. The van der Waals surface area contributed by atoms with Crippen molar-refractivity contribution >= 4 is 16.9 Å². The van der Waals surface area contributed by atoms with Gasteiger partial charge in [0.05, 0.1) is 23.5 Å². The van der Waals surface area contributed by atoms with Gasteiger partial charge in [-0.15, -0.1) is 0 Å². The standard InChI is InChI=1S/C23H35N5O/c1-4-28-21-10-6-5-9-20(21)24-22(28)17-25-11-7-8-19(16-25)23(29)27-14-12-26(13-15-27)18(2)3/h5-6,9-10,18-19H,4,7-8,11-17H2,1-3H3/t19-/m1/s1. The van der Waals surface area contributed by atoms with Crippen LogP contribution in [0.5, 0.6) is 0 Å². The number of imidazole rings is 1. The average molecular weight is 398 g/mol. The predicted molar refractivity (Wildman–Crippen MR) is 117 cm³/mol. The van der Waals surface area contributed by atoms with Gasteiger partial charge in [-0.25, -0.2) is 4.98 Å². The Labute approximate surface area is 174 Å². The van der Waals surface area contributed by atoms with Crippen molar-refractivity contribution in [3.8, 4) is 0 Å². The lowest BCUT2D eigenvalue weighted by Crippen LogP contribution is -2.53. The van der Waals surface area contributed by atoms with Crippen molar-refractivity contribution in [1.82, 2.24) is 24.3 Å². The first-order valence-corrected chi connectivity index (χ1v) is 11.3. The molecule has 0 unspecified atom stereocenters. The maximum absolute atomic E-state index is 13.2. The fraction of sp³-hybridized carbons (Fsp3) is 0.652. The maximum atomic E-state index is 13.2. The zero-order chi connectivity index (χ0) is 20.4. The molecule has 4 rings (SSSR count). The highest BCUT2D eigenvalue weighted by Crippen LogP contribution is 2.23. The van der Waals surface area contributed by atoms with Crippen LogP contribution in [0.25, 0.3) is 11.0 Å². The number of para-hydroxylation sites is 2. The monoisotopic (exact) mass is 397 g/mol. The van der Waals surface area contributed by atoms with E-state index in [4.69, 9.17) is 4.98 Å². The smallest absolute Gasteiger partial charge is 0.227 e. The van der Waals surface area contributed by atoms with Crippen molar-refractivity contribution in [2.45, 2.75) is 52.7 Å². The van der Waals surface area contributed by atoms with E-state index in [0.717, 1.165) is 76.5 Å². The number of amides is 1. The Morgan fingerprint density at radius 2 is 1.90 bits per heavy atom. The zero-order valence-electron chi connectivity index (χ0n) is 18.2. The van der Waals surface area contributed by atoms with Crippen LogP contribution in [-0.2, 0) is 17.9 Å². The quantitative estimate of drug-likeness (QED) is 0.778. The van der Waals surface area contributed by atoms with Crippen molar-refractivity contribution in [2.24, 2.45) is 5.92 Å². The van der Waals surface area contributed by atoms with Crippen molar-refractivity contribution in [3.63, 3.8) is 0 Å². The van der Waals surface area contributed by atoms with Crippen molar-refractivity contribution in [2.75, 3.05) is 39.3 Å². The van der Waals surface area contributed by atoms with Gasteiger partial charge in [0.25, 0.3) is 0 Å². The number of hydrogen-bond acceptors (Lipinski definition) is 4. The molecule has 0 radical (unpaired) electrons. The van der Waals surface area contributed by atoms with Gasteiger partial charge in [0.1, 0.15) is 5.82 Å². The molecule has 29 heavy (non-hydrogen) atoms. The summed E-state index contributed by atoms with van der Waals surface area (Å²) in [5, 5.41) is 0. The van der Waals surface area contributed by atoms with E-state index < -0.39 is 0 Å². The minimum absolute atomic E-state index is 0.133. The number of aryl methyl sites for hydroxylation is 1. The summed E-state index contributed by atoms with van der Waals surface area (Å²) in [6.07, 6.45) is 2.11. The van der Waals surface area contributed by atoms with E-state index in [2.05, 4.69) is 58.2 Å². The first-order chi connectivity index (χ1) is 14.1. The Bertz CT molecular complexity index is 837. The molecule has 1 aromatic heterocycles. The van der Waals surface area contributed by atoms with Crippen LogP contribution in [0, 0.1) is 5.92 Å². The Morgan fingerprint density at radius 3 is 2.62 bits per heavy atom. The highest BCUT2D eigenvalue weighted by molar-refractivity contribution is 5.79. The lowest BCUT2D eigenvalue weighted by atomic mass is 9.96. The summed E-state index contributed by atoms with van der Waals surface area (Å²) in [4.78, 5) is 25.0. The summed E-state index contributed by atoms with van der Waals surface area (Å²) in [5.74, 6) is 1.61. The number of rotatable bonds is 5. The van der Waals surface area contributed by atoms with Crippen LogP contribution in [0.1, 0.15) is 39.4 Å². The Hall–Kier alpha value is -1.92. The molecular formula is C23H35N5O. The SMILES string of the molecule is CCn1c(CN2CCC[C@@H](C(=O)N3CCN(C(C)C)CC3)C2)nc2ccccc21. The molecule has 6 nitrogen and oxygen atoms in total. The van der Waals surface area contributed by atoms with Gasteiger partial charge in [-0.1, -0.05) is 12.1 Å². The second-order valence-corrected chi connectivity index (χ2v) is 8.79. The summed E-state index contributed by atoms with van der Waals surface area (Å²) < 4.78 is 2.31. The molecule has 2 fully saturated rings. The normalized spacial score (nSPS) is 21.9. The Morgan fingerprint density at radius 1 is 1.14 bits per heavy atom. The fourth-order valence-corrected chi connectivity index (χ4v) is 4.92. The van der Waals surface area contributed by atoms with Gasteiger partial charge in [-0.3, -0.25) is 14.6 Å². The van der Waals surface area contributed by atoms with Gasteiger partial charge in [0.15, 0.2) is 0 Å². The molecule has 0 spiro atoms. The second kappa shape index (κ2) is 8.84. The minimum Gasteiger partial charge on any atom is -0.340 e. The van der Waals surface area contributed by atoms with Crippen LogP contribution in [0.4, 0.5) is 0 Å². The van der Waals surface area contributed by atoms with E-state index in [1.54, 1.807) is 0 Å². The van der Waals surface area contributed by atoms with Crippen LogP contribution < -0.4 is 0 Å². The summed E-state index contributed by atoms with van der Waals surface area (Å²) in [6.45, 7) is 14.1. The van der Waals surface area contributed by atoms with Crippen molar-refractivity contribution in [3.05, 3.63) is 30.1 Å². The molecule has 2 aliphatic rings. The molecule has 2 aliphatic heterocycles. The van der Waals surface area contributed by atoms with Gasteiger partial charge < -0.3 is 9.47 Å². The minimum atomic E-state index is 0.133. The van der Waals surface area contributed by atoms with Gasteiger partial charge >= 0.3 is 0 Å². The van der Waals surface area contributed by atoms with Gasteiger partial charge in [0, 0.05) is 45.3 Å². The molecule has 0 aliphatic carbocycles. The Balaban J connectivity index is 1.39. The molecule has 0 N–H and O–H groups in total. The number of carbonyl (C=O) groups is 1. The highest BCUT2D eigenvalue weighted by Gasteiger charge is 2.31. The molecule has 0 bridgehead atoms. The van der Waals surface area contributed by atoms with E-state index in [1.807, 2.05) is 6.07 Å². The summed E-state index contributed by atoms with van der Waals surface area (Å²) >= 11 is 0. The van der Waals surface area contributed by atoms with Crippen molar-refractivity contribution < 1.29 is 4.79 Å². The highest BCUT2D eigenvalue weighted by atomic mass is 16.2. The van der Waals surface area contributed by atoms with E-state index >= 15 is 0 Å². The maximum Gasteiger partial charge on any atom is 0.227 e. The van der Waals surface area contributed by atoms with Gasteiger partial charge in [0.2, 0.25) is 5.91 Å². The third kappa shape index (κ3) is 4.33. The van der Waals surface area contributed by atoms with E-state index in [0.29, 0.717) is 11.9 Å². The van der Waals surface area contributed by atoms with Crippen LogP contribution in [0.3, 0.4) is 0 Å². The number of nitrogens with zero attached hydrogens (tertiary/aromatic N) is 5. The number of likely N-dealkylation sites (tertiary alicyclic amines) is 1. The molecule has 158 valence electrons. The molecule has 1 amide bonds. The molecule has 3 heterocycles. The molecule has 1 atom stereocenters. The van der Waals surface area contributed by atoms with E-state index in [1.165, 1.54) is 5.52 Å². The average Bonchev–Trinajstić information content (AvgIpc) is 3.10. The number of piperazine rings is 1. The third-order valence-corrected chi connectivity index (χ3v) is 6.63. The molecule has 6 heteroatoms. The fourth-order valence-electron chi connectivity index (χ4n) is 4.92. The van der Waals surface area contributed by atoms with Crippen molar-refractivity contribution in [1.29, 1.82) is 0 Å². The number of aromatic nitrogens is 2. The number of piperidine rings is 1. The molecule has 2 saturated heterocycles. The lowest BCUT2D eigenvalue weighted by Gasteiger charge is -2.40. The third-order valence-electron chi connectivity index (χ3n) is 6.63. The summed E-state index contributed by atoms with van der Waals surface area (Å²) in [6, 6.07) is 8.93. The van der Waals surface area contributed by atoms with E-state index in [-0.39, 0.29) is 5.92 Å². The first kappa shape index (κ1) is 20.4. The lowest BCUT2D eigenvalue weighted by molar-refractivity contribution is -0.139. The largest absolute Gasteiger partial charge is 0.340 e. The number of carbonyl (C=O) groups excluding carboxylic acids is 1. The molecule has 1 aromatic carbocycles.